The molecule has 0 bridgehead atoms. The van der Waals surface area contributed by atoms with E-state index in [1.54, 1.807) is 0 Å². The summed E-state index contributed by atoms with van der Waals surface area (Å²) in [6, 6.07) is 0.526. The van der Waals surface area contributed by atoms with Gasteiger partial charge in [-0.15, -0.1) is 0 Å². The molecule has 0 radical (unpaired) electrons. The zero-order chi connectivity index (χ0) is 8.27. The molecule has 0 aromatic rings. The molecule has 0 unspecified atom stereocenters. The molecule has 3 nitrogen and oxygen atoms in total. The number of hydrogen-bond acceptors (Lipinski definition) is 3. The number of rotatable bonds is 3. The fourth-order valence-corrected chi connectivity index (χ4v) is 0.942. The molecule has 0 amide bonds. The summed E-state index contributed by atoms with van der Waals surface area (Å²) in [5.74, 6) is 0. The monoisotopic (exact) mass is 153 g/mol. The van der Waals surface area contributed by atoms with E-state index in [9.17, 15) is 0 Å². The van der Waals surface area contributed by atoms with Gasteiger partial charge in [0.1, 0.15) is 0 Å². The zero-order valence-corrected chi connectivity index (χ0v) is 7.39. The summed E-state index contributed by atoms with van der Waals surface area (Å²) in [5.41, 5.74) is 2.27. The van der Waals surface area contributed by atoms with Crippen LogP contribution in [0, 0.1) is 0 Å². The summed E-state index contributed by atoms with van der Waals surface area (Å²) in [6.07, 6.45) is 0.944. The minimum absolute atomic E-state index is 0.526. The molecule has 0 aliphatic carbocycles. The molecule has 0 aromatic heterocycles. The van der Waals surface area contributed by atoms with Crippen molar-refractivity contribution >= 4 is 11.4 Å². The molecule has 1 aliphatic rings. The minimum Gasteiger partial charge on any atom is -0.309 e. The minimum atomic E-state index is 0.526. The third-order valence-corrected chi connectivity index (χ3v) is 1.54. The average molecular weight is 153 g/mol. The van der Waals surface area contributed by atoms with Gasteiger partial charge in [-0.25, -0.2) is 0 Å². The quantitative estimate of drug-likeness (QED) is 0.650. The van der Waals surface area contributed by atoms with Crippen LogP contribution in [0.25, 0.3) is 0 Å². The lowest BCUT2D eigenvalue weighted by molar-refractivity contribution is 0.641. The molecule has 0 atom stereocenters. The van der Waals surface area contributed by atoms with Crippen molar-refractivity contribution in [2.45, 2.75) is 33.2 Å². The largest absolute Gasteiger partial charge is 0.309 e. The highest BCUT2D eigenvalue weighted by Gasteiger charge is 2.07. The van der Waals surface area contributed by atoms with Gasteiger partial charge in [-0.1, -0.05) is 13.8 Å². The van der Waals surface area contributed by atoms with Gasteiger partial charge >= 0.3 is 0 Å². The van der Waals surface area contributed by atoms with E-state index in [-0.39, 0.29) is 0 Å². The van der Waals surface area contributed by atoms with Gasteiger partial charge in [-0.05, 0) is 6.92 Å². The second kappa shape index (κ2) is 3.62. The first-order valence-corrected chi connectivity index (χ1v) is 4.00. The highest BCUT2D eigenvalue weighted by molar-refractivity contribution is 6.07. The summed E-state index contributed by atoms with van der Waals surface area (Å²) in [4.78, 5) is 0. The van der Waals surface area contributed by atoms with Crippen molar-refractivity contribution in [1.29, 1.82) is 0 Å². The summed E-state index contributed by atoms with van der Waals surface area (Å²) in [5, 5.41) is 11.3. The van der Waals surface area contributed by atoms with E-state index in [0.717, 1.165) is 24.4 Å². The van der Waals surface area contributed by atoms with Crippen molar-refractivity contribution in [2.75, 3.05) is 6.54 Å². The number of nitrogens with one attached hydrogen (secondary N) is 1. The summed E-state index contributed by atoms with van der Waals surface area (Å²) in [6.45, 7) is 7.14. The molecule has 0 saturated heterocycles. The van der Waals surface area contributed by atoms with E-state index in [0.29, 0.717) is 6.04 Å². The Hall–Kier alpha value is -0.700. The fourth-order valence-electron chi connectivity index (χ4n) is 0.942. The molecule has 1 N–H and O–H groups in total. The average Bonchev–Trinajstić information content (AvgIpc) is 2.31. The van der Waals surface area contributed by atoms with Gasteiger partial charge in [0.05, 0.1) is 5.71 Å². The van der Waals surface area contributed by atoms with Crippen molar-refractivity contribution in [3.8, 4) is 0 Å². The second-order valence-corrected chi connectivity index (χ2v) is 3.21. The maximum atomic E-state index is 4.03. The van der Waals surface area contributed by atoms with E-state index in [4.69, 9.17) is 0 Å². The van der Waals surface area contributed by atoms with Gasteiger partial charge in [0.15, 0.2) is 0 Å². The lowest BCUT2D eigenvalue weighted by Gasteiger charge is -2.06. The molecule has 0 aromatic carbocycles. The predicted molar refractivity (Wildman–Crippen MR) is 48.3 cm³/mol. The first-order chi connectivity index (χ1) is 5.18. The maximum Gasteiger partial charge on any atom is 0.0600 e. The van der Waals surface area contributed by atoms with Gasteiger partial charge in [0.2, 0.25) is 0 Å². The molecule has 0 spiro atoms. The normalized spacial score (nSPS) is 17.1. The Morgan fingerprint density at radius 2 is 2.18 bits per heavy atom. The Morgan fingerprint density at radius 3 is 2.64 bits per heavy atom. The molecular formula is C8H15N3. The number of hydrogen-bond donors (Lipinski definition) is 1. The standard InChI is InChI=1S/C8H15N3/c1-6(2)9-5-8-4-7(3)10-11-8/h6,9H,4-5H2,1-3H3. The van der Waals surface area contributed by atoms with Crippen molar-refractivity contribution in [1.82, 2.24) is 5.32 Å². The van der Waals surface area contributed by atoms with Crippen LogP contribution in [0.4, 0.5) is 0 Å². The van der Waals surface area contributed by atoms with Crippen LogP contribution in [0.15, 0.2) is 10.2 Å². The van der Waals surface area contributed by atoms with Crippen LogP contribution >= 0.6 is 0 Å². The Balaban J connectivity index is 2.21. The van der Waals surface area contributed by atoms with Gasteiger partial charge < -0.3 is 5.32 Å². The van der Waals surface area contributed by atoms with E-state index in [1.807, 2.05) is 6.92 Å². The Bertz CT molecular complexity index is 192. The fraction of sp³-hybridized carbons (Fsp3) is 0.750. The maximum absolute atomic E-state index is 4.03. The van der Waals surface area contributed by atoms with Gasteiger partial charge in [-0.3, -0.25) is 0 Å². The molecule has 11 heavy (non-hydrogen) atoms. The lowest BCUT2D eigenvalue weighted by Crippen LogP contribution is -2.28. The molecule has 62 valence electrons. The Kier molecular flexibility index (Phi) is 2.76. The van der Waals surface area contributed by atoms with Crippen LogP contribution in [0.2, 0.25) is 0 Å². The first-order valence-electron chi connectivity index (χ1n) is 4.00. The van der Waals surface area contributed by atoms with Gasteiger partial charge in [0, 0.05) is 24.7 Å². The van der Waals surface area contributed by atoms with Crippen molar-refractivity contribution in [3.63, 3.8) is 0 Å². The third-order valence-electron chi connectivity index (χ3n) is 1.54. The molecular weight excluding hydrogens is 138 g/mol. The summed E-state index contributed by atoms with van der Waals surface area (Å²) >= 11 is 0. The van der Waals surface area contributed by atoms with Gasteiger partial charge in [0.25, 0.3) is 0 Å². The van der Waals surface area contributed by atoms with Crippen molar-refractivity contribution < 1.29 is 0 Å². The SMILES string of the molecule is CC1=NN=C(CNC(C)C)C1. The molecule has 0 saturated carbocycles. The van der Waals surface area contributed by atoms with Crippen LogP contribution in [0.5, 0.6) is 0 Å². The Morgan fingerprint density at radius 1 is 1.45 bits per heavy atom. The second-order valence-electron chi connectivity index (χ2n) is 3.21. The van der Waals surface area contributed by atoms with Gasteiger partial charge in [-0.2, -0.15) is 10.2 Å². The summed E-state index contributed by atoms with van der Waals surface area (Å²) in [7, 11) is 0. The van der Waals surface area contributed by atoms with Crippen molar-refractivity contribution in [3.05, 3.63) is 0 Å². The molecule has 3 heteroatoms. The van der Waals surface area contributed by atoms with Crippen LogP contribution in [-0.4, -0.2) is 24.0 Å². The molecule has 1 heterocycles. The van der Waals surface area contributed by atoms with Crippen LogP contribution < -0.4 is 5.32 Å². The first kappa shape index (κ1) is 8.40. The zero-order valence-electron chi connectivity index (χ0n) is 7.39. The summed E-state index contributed by atoms with van der Waals surface area (Å²) < 4.78 is 0. The Labute approximate surface area is 67.6 Å². The third kappa shape index (κ3) is 2.80. The highest BCUT2D eigenvalue weighted by Crippen LogP contribution is 2.00. The molecule has 1 aliphatic heterocycles. The van der Waals surface area contributed by atoms with Crippen LogP contribution in [-0.2, 0) is 0 Å². The molecule has 1 rings (SSSR count). The predicted octanol–water partition coefficient (Wildman–Crippen LogP) is 1.20. The highest BCUT2D eigenvalue weighted by atomic mass is 15.2. The van der Waals surface area contributed by atoms with E-state index < -0.39 is 0 Å². The van der Waals surface area contributed by atoms with Crippen LogP contribution in [0.1, 0.15) is 27.2 Å². The van der Waals surface area contributed by atoms with E-state index >= 15 is 0 Å². The van der Waals surface area contributed by atoms with Crippen LogP contribution in [0.3, 0.4) is 0 Å². The number of nitrogens with zero attached hydrogens (tertiary/aromatic N) is 2. The smallest absolute Gasteiger partial charge is 0.0600 e. The van der Waals surface area contributed by atoms with Crippen molar-refractivity contribution in [2.24, 2.45) is 10.2 Å². The van der Waals surface area contributed by atoms with E-state index in [1.165, 1.54) is 0 Å². The topological polar surface area (TPSA) is 36.8 Å². The molecule has 0 fully saturated rings. The van der Waals surface area contributed by atoms with E-state index in [2.05, 4.69) is 29.4 Å². The lowest BCUT2D eigenvalue weighted by atomic mass is 10.2.